The van der Waals surface area contributed by atoms with E-state index < -0.39 is 0 Å². The Morgan fingerprint density at radius 1 is 1.28 bits per heavy atom. The third kappa shape index (κ3) is 3.74. The van der Waals surface area contributed by atoms with E-state index in [1.165, 1.54) is 0 Å². The Balaban J connectivity index is 1.89. The normalized spacial score (nSPS) is 16.1. The van der Waals surface area contributed by atoms with Crippen LogP contribution in [-0.4, -0.2) is 28.0 Å². The van der Waals surface area contributed by atoms with Crippen molar-refractivity contribution in [2.75, 3.05) is 17.7 Å². The highest BCUT2D eigenvalue weighted by Crippen LogP contribution is 2.46. The molecule has 7 heteroatoms. The number of halogens is 1. The molecule has 0 saturated heterocycles. The molecule has 0 unspecified atom stereocenters. The van der Waals surface area contributed by atoms with Crippen LogP contribution in [0.3, 0.4) is 0 Å². The first-order chi connectivity index (χ1) is 14.0. The molecule has 1 aliphatic rings. The Labute approximate surface area is 179 Å². The molecule has 1 N–H and O–H groups in total. The molecule has 150 valence electrons. The topological polar surface area (TPSA) is 56.1 Å². The summed E-state index contributed by atoms with van der Waals surface area (Å²) in [4.78, 5) is 12.5. The lowest BCUT2D eigenvalue weighted by Crippen LogP contribution is -2.15. The van der Waals surface area contributed by atoms with Crippen LogP contribution in [0.1, 0.15) is 34.6 Å². The third-order valence-electron chi connectivity index (χ3n) is 4.91. The number of aryl methyl sites for hydroxylation is 2. The Morgan fingerprint density at radius 2 is 2.07 bits per heavy atom. The van der Waals surface area contributed by atoms with Crippen LogP contribution >= 0.6 is 23.4 Å². The zero-order chi connectivity index (χ0) is 20.5. The van der Waals surface area contributed by atoms with E-state index in [2.05, 4.69) is 11.4 Å². The summed E-state index contributed by atoms with van der Waals surface area (Å²) in [6, 6.07) is 13.8. The second kappa shape index (κ2) is 8.13. The summed E-state index contributed by atoms with van der Waals surface area (Å²) in [6.45, 7) is 6.48. The van der Waals surface area contributed by atoms with E-state index >= 15 is 0 Å². The molecule has 0 saturated carbocycles. The van der Waals surface area contributed by atoms with Crippen LogP contribution in [-0.2, 0) is 4.79 Å². The number of hydrogen-bond acceptors (Lipinski definition) is 4. The van der Waals surface area contributed by atoms with E-state index in [1.807, 2.05) is 57.2 Å². The lowest BCUT2D eigenvalue weighted by atomic mass is 10.0. The predicted molar refractivity (Wildman–Crippen MR) is 119 cm³/mol. The van der Waals surface area contributed by atoms with Crippen LogP contribution < -0.4 is 10.1 Å². The minimum absolute atomic E-state index is 0.0491. The highest BCUT2D eigenvalue weighted by molar-refractivity contribution is 8.00. The third-order valence-corrected chi connectivity index (χ3v) is 6.57. The van der Waals surface area contributed by atoms with Crippen molar-refractivity contribution in [1.29, 1.82) is 0 Å². The molecule has 0 bridgehead atoms. The fourth-order valence-electron chi connectivity index (χ4n) is 3.51. The zero-order valence-corrected chi connectivity index (χ0v) is 18.1. The molecule has 0 fully saturated rings. The molecule has 29 heavy (non-hydrogen) atoms. The number of thioether (sulfide) groups is 1. The smallest absolute Gasteiger partial charge is 0.235 e. The maximum absolute atomic E-state index is 12.5. The number of benzene rings is 2. The Morgan fingerprint density at radius 3 is 2.83 bits per heavy atom. The van der Waals surface area contributed by atoms with Crippen molar-refractivity contribution >= 4 is 35.1 Å². The van der Waals surface area contributed by atoms with Gasteiger partial charge in [-0.1, -0.05) is 35.9 Å². The number of carbonyl (C=O) groups excluding carboxylic acids is 1. The maximum Gasteiger partial charge on any atom is 0.235 e. The monoisotopic (exact) mass is 427 g/mol. The zero-order valence-electron chi connectivity index (χ0n) is 16.5. The molecular weight excluding hydrogens is 406 g/mol. The molecule has 3 aromatic rings. The Hall–Kier alpha value is -2.44. The van der Waals surface area contributed by atoms with E-state index in [4.69, 9.17) is 21.4 Å². The number of para-hydroxylation sites is 1. The predicted octanol–water partition coefficient (Wildman–Crippen LogP) is 5.32. The quantitative estimate of drug-likeness (QED) is 0.612. The van der Waals surface area contributed by atoms with Gasteiger partial charge in [0, 0.05) is 16.1 Å². The largest absolute Gasteiger partial charge is 0.494 e. The fourth-order valence-corrected chi connectivity index (χ4v) is 4.90. The Bertz CT molecular complexity index is 1080. The van der Waals surface area contributed by atoms with Crippen LogP contribution in [0.4, 0.5) is 5.82 Å². The van der Waals surface area contributed by atoms with Gasteiger partial charge < -0.3 is 10.1 Å². The molecule has 1 atom stereocenters. The second-order valence-electron chi connectivity index (χ2n) is 6.90. The van der Waals surface area contributed by atoms with Gasteiger partial charge in [-0.25, -0.2) is 4.68 Å². The molecule has 2 aromatic carbocycles. The number of fused-ring (bicyclic) bond motifs is 1. The first kappa shape index (κ1) is 19.9. The molecular formula is C22H22ClN3O2S. The van der Waals surface area contributed by atoms with Crippen molar-refractivity contribution in [2.45, 2.75) is 26.0 Å². The first-order valence-corrected chi connectivity index (χ1v) is 10.9. The van der Waals surface area contributed by atoms with Crippen LogP contribution in [0.5, 0.6) is 5.75 Å². The number of anilines is 1. The van der Waals surface area contributed by atoms with Gasteiger partial charge in [0.15, 0.2) is 0 Å². The number of nitrogens with zero attached hydrogens (tertiary/aromatic N) is 2. The highest BCUT2D eigenvalue weighted by atomic mass is 35.5. The molecule has 5 nitrogen and oxygen atoms in total. The number of aromatic nitrogens is 2. The van der Waals surface area contributed by atoms with Crippen molar-refractivity contribution in [3.05, 3.63) is 69.9 Å². The first-order valence-electron chi connectivity index (χ1n) is 9.48. The highest BCUT2D eigenvalue weighted by Gasteiger charge is 2.32. The lowest BCUT2D eigenvalue weighted by Gasteiger charge is -2.19. The lowest BCUT2D eigenvalue weighted by molar-refractivity contribution is -0.113. The van der Waals surface area contributed by atoms with Crippen LogP contribution in [0.2, 0.25) is 5.02 Å². The van der Waals surface area contributed by atoms with Gasteiger partial charge in [-0.15, -0.1) is 11.8 Å². The number of nitrogens with one attached hydrogen (secondary N) is 1. The molecule has 0 aliphatic carbocycles. The summed E-state index contributed by atoms with van der Waals surface area (Å²) in [7, 11) is 0. The van der Waals surface area contributed by atoms with Crippen molar-refractivity contribution < 1.29 is 9.53 Å². The molecule has 0 radical (unpaired) electrons. The van der Waals surface area contributed by atoms with E-state index in [1.54, 1.807) is 16.4 Å². The maximum atomic E-state index is 12.5. The van der Waals surface area contributed by atoms with Gasteiger partial charge in [0.2, 0.25) is 5.91 Å². The molecule has 4 rings (SSSR count). The van der Waals surface area contributed by atoms with Crippen molar-refractivity contribution in [2.24, 2.45) is 0 Å². The SMILES string of the molecule is CCOc1ccccc1[C@@H]1SCC(=O)Nc2c1c(C)nn2-c1ccc(C)c(Cl)c1. The van der Waals surface area contributed by atoms with Crippen LogP contribution in [0.25, 0.3) is 5.69 Å². The molecule has 1 aliphatic heterocycles. The van der Waals surface area contributed by atoms with Crippen LogP contribution in [0.15, 0.2) is 42.5 Å². The summed E-state index contributed by atoms with van der Waals surface area (Å²) in [5.74, 6) is 1.83. The standard InChI is InChI=1S/C22H22ClN3O2S/c1-4-28-18-8-6-5-7-16(18)21-20-14(3)25-26(22(20)24-19(27)12-29-21)15-10-9-13(2)17(23)11-15/h5-11,21H,4,12H2,1-3H3,(H,24,27)/t21-/m0/s1. The number of carbonyl (C=O) groups is 1. The van der Waals surface area contributed by atoms with E-state index in [0.717, 1.165) is 33.8 Å². The molecule has 1 amide bonds. The van der Waals surface area contributed by atoms with Gasteiger partial charge in [-0.05, 0) is 44.5 Å². The molecule has 0 spiro atoms. The van der Waals surface area contributed by atoms with Crippen LogP contribution in [0, 0.1) is 13.8 Å². The van der Waals surface area contributed by atoms with Crippen molar-refractivity contribution in [3.8, 4) is 11.4 Å². The van der Waals surface area contributed by atoms with Gasteiger partial charge in [0.1, 0.15) is 11.6 Å². The molecule has 2 heterocycles. The Kier molecular flexibility index (Phi) is 5.56. The number of rotatable bonds is 4. The number of hydrogen-bond donors (Lipinski definition) is 1. The number of ether oxygens (including phenoxy) is 1. The fraction of sp³-hybridized carbons (Fsp3) is 0.273. The summed E-state index contributed by atoms with van der Waals surface area (Å²) in [5, 5.41) is 8.40. The summed E-state index contributed by atoms with van der Waals surface area (Å²) >= 11 is 7.93. The minimum atomic E-state index is -0.0682. The van der Waals surface area contributed by atoms with Crippen molar-refractivity contribution in [3.63, 3.8) is 0 Å². The van der Waals surface area contributed by atoms with Gasteiger partial charge >= 0.3 is 0 Å². The van der Waals surface area contributed by atoms with Gasteiger partial charge in [0.25, 0.3) is 0 Å². The van der Waals surface area contributed by atoms with E-state index in [9.17, 15) is 4.79 Å². The summed E-state index contributed by atoms with van der Waals surface area (Å²) < 4.78 is 7.64. The summed E-state index contributed by atoms with van der Waals surface area (Å²) in [6.07, 6.45) is 0. The van der Waals surface area contributed by atoms with E-state index in [0.29, 0.717) is 23.2 Å². The van der Waals surface area contributed by atoms with Gasteiger partial charge in [-0.2, -0.15) is 5.10 Å². The minimum Gasteiger partial charge on any atom is -0.494 e. The van der Waals surface area contributed by atoms with Crippen molar-refractivity contribution in [1.82, 2.24) is 9.78 Å². The molecule has 1 aromatic heterocycles. The average Bonchev–Trinajstić information content (AvgIpc) is 2.91. The van der Waals surface area contributed by atoms with Gasteiger partial charge in [0.05, 0.1) is 29.0 Å². The average molecular weight is 428 g/mol. The van der Waals surface area contributed by atoms with E-state index in [-0.39, 0.29) is 11.2 Å². The van der Waals surface area contributed by atoms with Gasteiger partial charge in [-0.3, -0.25) is 4.79 Å². The second-order valence-corrected chi connectivity index (χ2v) is 8.40. The summed E-state index contributed by atoms with van der Waals surface area (Å²) in [5.41, 5.74) is 4.71. The number of amides is 1.